The van der Waals surface area contributed by atoms with Crippen molar-refractivity contribution in [1.82, 2.24) is 14.0 Å². The van der Waals surface area contributed by atoms with Gasteiger partial charge in [0.05, 0.1) is 4.92 Å². The maximum absolute atomic E-state index is 13.0. The third-order valence-corrected chi connectivity index (χ3v) is 6.95. The van der Waals surface area contributed by atoms with Gasteiger partial charge in [0.1, 0.15) is 0 Å². The van der Waals surface area contributed by atoms with Gasteiger partial charge in [0, 0.05) is 67.9 Å². The third-order valence-electron chi connectivity index (χ3n) is 6.95. The second-order valence-corrected chi connectivity index (χ2v) is 9.05. The average Bonchev–Trinajstić information content (AvgIpc) is 3.10. The number of piperidine rings is 1. The average molecular weight is 434 g/mol. The van der Waals surface area contributed by atoms with Crippen molar-refractivity contribution >= 4 is 22.5 Å². The number of carbonyl (C=O) groups is 1. The molecule has 166 valence electrons. The fraction of sp³-hybridized carbons (Fsp3) is 0.417. The first-order valence-electron chi connectivity index (χ1n) is 11.1. The number of fused-ring (bicyclic) bond motifs is 5. The van der Waals surface area contributed by atoms with Crippen LogP contribution in [0.5, 0.6) is 0 Å². The van der Waals surface area contributed by atoms with Crippen LogP contribution in [0.2, 0.25) is 0 Å². The fourth-order valence-electron chi connectivity index (χ4n) is 5.49. The zero-order chi connectivity index (χ0) is 22.4. The molecule has 2 aliphatic rings. The first-order valence-corrected chi connectivity index (χ1v) is 11.1. The predicted octanol–water partition coefficient (Wildman–Crippen LogP) is 3.22. The molecule has 0 saturated carbocycles. The van der Waals surface area contributed by atoms with Crippen molar-refractivity contribution in [1.29, 1.82) is 0 Å². The summed E-state index contributed by atoms with van der Waals surface area (Å²) < 4.78 is 3.68. The summed E-state index contributed by atoms with van der Waals surface area (Å²) in [4.78, 5) is 37.9. The Morgan fingerprint density at radius 1 is 1.16 bits per heavy atom. The first kappa shape index (κ1) is 20.5. The van der Waals surface area contributed by atoms with Gasteiger partial charge in [-0.15, -0.1) is 0 Å². The Morgan fingerprint density at radius 3 is 2.78 bits per heavy atom. The quantitative estimate of drug-likeness (QED) is 0.455. The van der Waals surface area contributed by atoms with Gasteiger partial charge in [0.2, 0.25) is 5.91 Å². The Morgan fingerprint density at radius 2 is 1.97 bits per heavy atom. The van der Waals surface area contributed by atoms with E-state index >= 15 is 0 Å². The molecule has 0 aliphatic carbocycles. The summed E-state index contributed by atoms with van der Waals surface area (Å²) in [6, 6.07) is 11.3. The monoisotopic (exact) mass is 434 g/mol. The predicted molar refractivity (Wildman–Crippen MR) is 121 cm³/mol. The van der Waals surface area contributed by atoms with E-state index in [1.165, 1.54) is 22.5 Å². The van der Waals surface area contributed by atoms with Crippen LogP contribution in [0.1, 0.15) is 36.4 Å². The number of aromatic nitrogens is 2. The van der Waals surface area contributed by atoms with Crippen LogP contribution in [0.15, 0.2) is 47.4 Å². The van der Waals surface area contributed by atoms with Crippen LogP contribution >= 0.6 is 0 Å². The van der Waals surface area contributed by atoms with Crippen molar-refractivity contribution in [3.05, 3.63) is 74.3 Å². The standard InChI is InChI=1S/C24H26N4O4/c1-25-14-17(19-6-2-3-7-21(19)25)5-4-8-23(29)26-12-16-11-18(15-26)20-9-10-22(28(31)32)24(30)27(20)13-16/h2-3,6-7,9-10,14,16,18H,4-5,8,11-13,15H2,1H3/t16-,18+/m1/s1. The summed E-state index contributed by atoms with van der Waals surface area (Å²) in [6.07, 6.45) is 5.21. The van der Waals surface area contributed by atoms with Gasteiger partial charge in [0.15, 0.2) is 0 Å². The van der Waals surface area contributed by atoms with Gasteiger partial charge in [-0.05, 0) is 42.9 Å². The minimum absolute atomic E-state index is 0.0537. The molecule has 0 unspecified atom stereocenters. The highest BCUT2D eigenvalue weighted by Crippen LogP contribution is 2.36. The molecular weight excluding hydrogens is 408 g/mol. The maximum atomic E-state index is 13.0. The van der Waals surface area contributed by atoms with Crippen LogP contribution in [0.3, 0.4) is 0 Å². The molecule has 1 amide bonds. The van der Waals surface area contributed by atoms with Gasteiger partial charge in [-0.25, -0.2) is 0 Å². The molecule has 0 N–H and O–H groups in total. The molecule has 4 heterocycles. The van der Waals surface area contributed by atoms with Crippen LogP contribution in [0.4, 0.5) is 5.69 Å². The number of nitro groups is 1. The number of aryl methyl sites for hydroxylation is 2. The van der Waals surface area contributed by atoms with Gasteiger partial charge >= 0.3 is 11.2 Å². The molecule has 3 aromatic rings. The minimum atomic E-state index is -0.619. The Kier molecular flexibility index (Phi) is 5.07. The van der Waals surface area contributed by atoms with Crippen LogP contribution in [-0.2, 0) is 24.8 Å². The number of para-hydroxylation sites is 1. The van der Waals surface area contributed by atoms with Crippen molar-refractivity contribution < 1.29 is 9.72 Å². The van der Waals surface area contributed by atoms with Gasteiger partial charge in [-0.1, -0.05) is 18.2 Å². The van der Waals surface area contributed by atoms with E-state index in [0.29, 0.717) is 26.1 Å². The Bertz CT molecular complexity index is 1270. The second-order valence-electron chi connectivity index (χ2n) is 9.05. The topological polar surface area (TPSA) is 90.4 Å². The van der Waals surface area contributed by atoms with Gasteiger partial charge in [-0.3, -0.25) is 19.7 Å². The number of hydrogen-bond acceptors (Lipinski definition) is 4. The van der Waals surface area contributed by atoms with Crippen LogP contribution in [0, 0.1) is 16.0 Å². The molecule has 1 aromatic carbocycles. The molecule has 1 fully saturated rings. The second kappa shape index (κ2) is 7.93. The number of pyridine rings is 1. The number of likely N-dealkylation sites (tertiary alicyclic amines) is 1. The van der Waals surface area contributed by atoms with E-state index in [1.807, 2.05) is 24.1 Å². The summed E-state index contributed by atoms with van der Waals surface area (Å²) in [7, 11) is 2.04. The molecule has 8 nitrogen and oxygen atoms in total. The number of rotatable bonds is 5. The number of benzene rings is 1. The molecule has 2 aromatic heterocycles. The van der Waals surface area contributed by atoms with Crippen molar-refractivity contribution in [3.8, 4) is 0 Å². The lowest BCUT2D eigenvalue weighted by atomic mass is 9.83. The van der Waals surface area contributed by atoms with Crippen molar-refractivity contribution in [2.24, 2.45) is 13.0 Å². The number of carbonyl (C=O) groups excluding carboxylic acids is 1. The highest BCUT2D eigenvalue weighted by Gasteiger charge is 2.37. The Balaban J connectivity index is 1.25. The summed E-state index contributed by atoms with van der Waals surface area (Å²) in [5.41, 5.74) is 2.37. The lowest BCUT2D eigenvalue weighted by Gasteiger charge is -2.42. The van der Waals surface area contributed by atoms with Gasteiger partial charge < -0.3 is 14.0 Å². The molecule has 2 bridgehead atoms. The molecule has 1 saturated heterocycles. The van der Waals surface area contributed by atoms with E-state index in [4.69, 9.17) is 0 Å². The highest BCUT2D eigenvalue weighted by atomic mass is 16.6. The summed E-state index contributed by atoms with van der Waals surface area (Å²) in [5, 5.41) is 12.4. The largest absolute Gasteiger partial charge is 0.350 e. The lowest BCUT2D eigenvalue weighted by Crippen LogP contribution is -2.49. The minimum Gasteiger partial charge on any atom is -0.350 e. The van der Waals surface area contributed by atoms with E-state index in [1.54, 1.807) is 10.6 Å². The summed E-state index contributed by atoms with van der Waals surface area (Å²) in [5.74, 6) is 0.360. The van der Waals surface area contributed by atoms with Crippen molar-refractivity contribution in [3.63, 3.8) is 0 Å². The molecule has 0 radical (unpaired) electrons. The molecule has 2 atom stereocenters. The summed E-state index contributed by atoms with van der Waals surface area (Å²) >= 11 is 0. The van der Waals surface area contributed by atoms with E-state index in [2.05, 4.69) is 22.9 Å². The summed E-state index contributed by atoms with van der Waals surface area (Å²) in [6.45, 7) is 1.62. The number of hydrogen-bond donors (Lipinski definition) is 0. The molecule has 8 heteroatoms. The zero-order valence-corrected chi connectivity index (χ0v) is 18.1. The lowest BCUT2D eigenvalue weighted by molar-refractivity contribution is -0.386. The van der Waals surface area contributed by atoms with Crippen LogP contribution in [0.25, 0.3) is 10.9 Å². The zero-order valence-electron chi connectivity index (χ0n) is 18.1. The number of amides is 1. The van der Waals surface area contributed by atoms with E-state index in [0.717, 1.165) is 25.0 Å². The van der Waals surface area contributed by atoms with E-state index in [9.17, 15) is 19.7 Å². The fourth-order valence-corrected chi connectivity index (χ4v) is 5.49. The molecule has 5 rings (SSSR count). The SMILES string of the molecule is Cn1cc(CCCC(=O)N2C[C@H]3C[C@@H](C2)c2ccc([N+](=O)[O-])c(=O)n2C3)c2ccccc21. The van der Waals surface area contributed by atoms with Crippen molar-refractivity contribution in [2.45, 2.75) is 38.1 Å². The highest BCUT2D eigenvalue weighted by molar-refractivity contribution is 5.84. The van der Waals surface area contributed by atoms with Gasteiger partial charge in [0.25, 0.3) is 0 Å². The Labute approximate surface area is 185 Å². The van der Waals surface area contributed by atoms with Crippen molar-refractivity contribution in [2.75, 3.05) is 13.1 Å². The van der Waals surface area contributed by atoms with E-state index in [-0.39, 0.29) is 23.4 Å². The normalized spacial score (nSPS) is 19.7. The molecule has 0 spiro atoms. The van der Waals surface area contributed by atoms with Crippen LogP contribution < -0.4 is 5.56 Å². The molecule has 2 aliphatic heterocycles. The maximum Gasteiger partial charge on any atom is 0.334 e. The first-order chi connectivity index (χ1) is 15.4. The van der Waals surface area contributed by atoms with E-state index < -0.39 is 10.5 Å². The Hall–Kier alpha value is -3.42. The smallest absolute Gasteiger partial charge is 0.334 e. The number of nitrogens with zero attached hydrogens (tertiary/aromatic N) is 4. The molecule has 32 heavy (non-hydrogen) atoms. The molecular formula is C24H26N4O4. The van der Waals surface area contributed by atoms with Gasteiger partial charge in [-0.2, -0.15) is 0 Å². The van der Waals surface area contributed by atoms with Crippen LogP contribution in [-0.4, -0.2) is 38.0 Å². The third kappa shape index (κ3) is 3.49.